The van der Waals surface area contributed by atoms with E-state index in [4.69, 9.17) is 4.42 Å². The summed E-state index contributed by atoms with van der Waals surface area (Å²) in [6.45, 7) is 4.18. The molecule has 82 valence electrons. The van der Waals surface area contributed by atoms with Crippen LogP contribution in [0.25, 0.3) is 11.3 Å². The molecule has 2 heterocycles. The molecule has 0 spiro atoms. The zero-order valence-corrected chi connectivity index (χ0v) is 9.36. The summed E-state index contributed by atoms with van der Waals surface area (Å²) in [4.78, 5) is 0. The van der Waals surface area contributed by atoms with E-state index in [1.165, 1.54) is 5.56 Å². The average molecular weight is 213 g/mol. The first-order valence-electron chi connectivity index (χ1n) is 5.70. The van der Waals surface area contributed by atoms with Gasteiger partial charge < -0.3 is 9.73 Å². The second-order valence-corrected chi connectivity index (χ2v) is 4.42. The van der Waals surface area contributed by atoms with E-state index in [9.17, 15) is 0 Å². The fraction of sp³-hybridized carbons (Fsp3) is 0.286. The fourth-order valence-corrected chi connectivity index (χ4v) is 1.94. The SMILES string of the molecule is Cc1ccc(-c2ccc(C3CNC3)o2)cc1. The zero-order valence-electron chi connectivity index (χ0n) is 9.36. The van der Waals surface area contributed by atoms with Crippen LogP contribution in [0, 0.1) is 6.92 Å². The smallest absolute Gasteiger partial charge is 0.134 e. The van der Waals surface area contributed by atoms with Gasteiger partial charge in [-0.2, -0.15) is 0 Å². The Hall–Kier alpha value is -1.54. The molecule has 1 aromatic carbocycles. The van der Waals surface area contributed by atoms with Crippen molar-refractivity contribution in [1.29, 1.82) is 0 Å². The first-order chi connectivity index (χ1) is 7.83. The molecule has 1 fully saturated rings. The Balaban J connectivity index is 1.88. The van der Waals surface area contributed by atoms with Crippen molar-refractivity contribution in [3.63, 3.8) is 0 Å². The van der Waals surface area contributed by atoms with Crippen molar-refractivity contribution >= 4 is 0 Å². The molecule has 0 atom stereocenters. The number of benzene rings is 1. The molecule has 2 nitrogen and oxygen atoms in total. The van der Waals surface area contributed by atoms with E-state index < -0.39 is 0 Å². The summed E-state index contributed by atoms with van der Waals surface area (Å²) >= 11 is 0. The predicted octanol–water partition coefficient (Wildman–Crippen LogP) is 2.94. The molecule has 0 unspecified atom stereocenters. The third-order valence-corrected chi connectivity index (χ3v) is 3.15. The molecule has 0 amide bonds. The van der Waals surface area contributed by atoms with Gasteiger partial charge in [0.2, 0.25) is 0 Å². The van der Waals surface area contributed by atoms with Gasteiger partial charge in [0.15, 0.2) is 0 Å². The van der Waals surface area contributed by atoms with E-state index in [1.807, 2.05) is 0 Å². The van der Waals surface area contributed by atoms with Gasteiger partial charge in [0.25, 0.3) is 0 Å². The second-order valence-electron chi connectivity index (χ2n) is 4.42. The molecule has 0 bridgehead atoms. The Kier molecular flexibility index (Phi) is 2.29. The van der Waals surface area contributed by atoms with Gasteiger partial charge in [0, 0.05) is 24.6 Å². The number of rotatable bonds is 2. The van der Waals surface area contributed by atoms with Crippen LogP contribution in [0.3, 0.4) is 0 Å². The molecule has 0 radical (unpaired) electrons. The third kappa shape index (κ3) is 1.65. The molecule has 0 saturated carbocycles. The lowest BCUT2D eigenvalue weighted by Gasteiger charge is -2.24. The summed E-state index contributed by atoms with van der Waals surface area (Å²) < 4.78 is 5.87. The van der Waals surface area contributed by atoms with Gasteiger partial charge in [0.1, 0.15) is 11.5 Å². The van der Waals surface area contributed by atoms with Gasteiger partial charge >= 0.3 is 0 Å². The number of hydrogen-bond acceptors (Lipinski definition) is 2. The molecule has 1 aromatic heterocycles. The lowest BCUT2D eigenvalue weighted by molar-refractivity contribution is 0.373. The summed E-state index contributed by atoms with van der Waals surface area (Å²) in [6.07, 6.45) is 0. The molecule has 2 heteroatoms. The Labute approximate surface area is 95.3 Å². The average Bonchev–Trinajstić information content (AvgIpc) is 2.65. The van der Waals surface area contributed by atoms with Gasteiger partial charge in [0.05, 0.1) is 0 Å². The topological polar surface area (TPSA) is 25.2 Å². The minimum atomic E-state index is 0.569. The Bertz CT molecular complexity index is 480. The van der Waals surface area contributed by atoms with Crippen LogP contribution in [0.15, 0.2) is 40.8 Å². The van der Waals surface area contributed by atoms with Gasteiger partial charge in [-0.05, 0) is 19.1 Å². The van der Waals surface area contributed by atoms with Crippen LogP contribution < -0.4 is 5.32 Å². The number of nitrogens with one attached hydrogen (secondary N) is 1. The van der Waals surface area contributed by atoms with Crippen LogP contribution in [0.5, 0.6) is 0 Å². The maximum atomic E-state index is 5.87. The van der Waals surface area contributed by atoms with Gasteiger partial charge in [-0.15, -0.1) is 0 Å². The highest BCUT2D eigenvalue weighted by Gasteiger charge is 2.22. The summed E-state index contributed by atoms with van der Waals surface area (Å²) in [5.41, 5.74) is 2.43. The standard InChI is InChI=1S/C14H15NO/c1-10-2-4-11(5-3-10)13-6-7-14(16-13)12-8-15-9-12/h2-7,12,15H,8-9H2,1H3. The largest absolute Gasteiger partial charge is 0.461 e. The number of furan rings is 1. The summed E-state index contributed by atoms with van der Waals surface area (Å²) in [6, 6.07) is 12.6. The lowest BCUT2D eigenvalue weighted by atomic mass is 10.0. The highest BCUT2D eigenvalue weighted by molar-refractivity contribution is 5.58. The quantitative estimate of drug-likeness (QED) is 0.829. The number of aryl methyl sites for hydroxylation is 1. The summed E-state index contributed by atoms with van der Waals surface area (Å²) in [7, 11) is 0. The first-order valence-corrected chi connectivity index (χ1v) is 5.70. The van der Waals surface area contributed by atoms with E-state index in [1.54, 1.807) is 0 Å². The van der Waals surface area contributed by atoms with Crippen LogP contribution in [-0.2, 0) is 0 Å². The molecular weight excluding hydrogens is 198 g/mol. The third-order valence-electron chi connectivity index (χ3n) is 3.15. The maximum Gasteiger partial charge on any atom is 0.134 e. The molecule has 16 heavy (non-hydrogen) atoms. The van der Waals surface area contributed by atoms with E-state index in [0.717, 1.165) is 30.2 Å². The molecule has 3 rings (SSSR count). The molecule has 1 N–H and O–H groups in total. The monoisotopic (exact) mass is 213 g/mol. The highest BCUT2D eigenvalue weighted by Crippen LogP contribution is 2.28. The van der Waals surface area contributed by atoms with Crippen LogP contribution in [-0.4, -0.2) is 13.1 Å². The van der Waals surface area contributed by atoms with Crippen LogP contribution in [0.1, 0.15) is 17.2 Å². The summed E-state index contributed by atoms with van der Waals surface area (Å²) in [5.74, 6) is 2.65. The molecule has 1 aliphatic heterocycles. The van der Waals surface area contributed by atoms with Gasteiger partial charge in [-0.1, -0.05) is 29.8 Å². The molecule has 0 aliphatic carbocycles. The minimum Gasteiger partial charge on any atom is -0.461 e. The van der Waals surface area contributed by atoms with E-state index in [2.05, 4.69) is 48.6 Å². The van der Waals surface area contributed by atoms with E-state index in [-0.39, 0.29) is 0 Å². The van der Waals surface area contributed by atoms with Crippen LogP contribution >= 0.6 is 0 Å². The molecule has 2 aromatic rings. The molecule has 1 saturated heterocycles. The lowest BCUT2D eigenvalue weighted by Crippen LogP contribution is -2.39. The second kappa shape index (κ2) is 3.80. The first kappa shape index (κ1) is 9.67. The Morgan fingerprint density at radius 3 is 2.44 bits per heavy atom. The maximum absolute atomic E-state index is 5.87. The van der Waals surface area contributed by atoms with Gasteiger partial charge in [-0.3, -0.25) is 0 Å². The minimum absolute atomic E-state index is 0.569. The molecule has 1 aliphatic rings. The summed E-state index contributed by atoms with van der Waals surface area (Å²) in [5, 5.41) is 3.26. The van der Waals surface area contributed by atoms with Crippen molar-refractivity contribution in [2.45, 2.75) is 12.8 Å². The normalized spacial score (nSPS) is 16.1. The van der Waals surface area contributed by atoms with Crippen LogP contribution in [0.4, 0.5) is 0 Å². The molecular formula is C14H15NO. The van der Waals surface area contributed by atoms with E-state index in [0.29, 0.717) is 5.92 Å². The fourth-order valence-electron chi connectivity index (χ4n) is 1.94. The highest BCUT2D eigenvalue weighted by atomic mass is 16.3. The van der Waals surface area contributed by atoms with Crippen LogP contribution in [0.2, 0.25) is 0 Å². The van der Waals surface area contributed by atoms with Crippen molar-refractivity contribution in [3.05, 3.63) is 47.7 Å². The van der Waals surface area contributed by atoms with Gasteiger partial charge in [-0.25, -0.2) is 0 Å². The van der Waals surface area contributed by atoms with Crippen molar-refractivity contribution in [2.24, 2.45) is 0 Å². The van der Waals surface area contributed by atoms with Crippen molar-refractivity contribution in [1.82, 2.24) is 5.32 Å². The zero-order chi connectivity index (χ0) is 11.0. The number of hydrogen-bond donors (Lipinski definition) is 1. The predicted molar refractivity (Wildman–Crippen MR) is 64.5 cm³/mol. The van der Waals surface area contributed by atoms with Crippen molar-refractivity contribution < 1.29 is 4.42 Å². The Morgan fingerprint density at radius 1 is 1.06 bits per heavy atom. The Morgan fingerprint density at radius 2 is 1.81 bits per heavy atom. The van der Waals surface area contributed by atoms with Crippen molar-refractivity contribution in [3.8, 4) is 11.3 Å². The van der Waals surface area contributed by atoms with E-state index >= 15 is 0 Å². The van der Waals surface area contributed by atoms with Crippen molar-refractivity contribution in [2.75, 3.05) is 13.1 Å².